The first-order valence-electron chi connectivity index (χ1n) is 12.3. The van der Waals surface area contributed by atoms with E-state index < -0.39 is 11.9 Å². The molecule has 38 heavy (non-hydrogen) atoms. The zero-order valence-electron chi connectivity index (χ0n) is 21.2. The van der Waals surface area contributed by atoms with Gasteiger partial charge in [-0.15, -0.1) is 11.8 Å². The maximum Gasteiger partial charge on any atom is 0.243 e. The molecular weight excluding hydrogens is 566 g/mol. The Hall–Kier alpha value is -2.25. The van der Waals surface area contributed by atoms with Crippen LogP contribution in [0.1, 0.15) is 37.0 Å². The molecule has 2 amide bonds. The molecule has 0 saturated carbocycles. The Kier molecular flexibility index (Phi) is 11.8. The van der Waals surface area contributed by atoms with Crippen molar-refractivity contribution in [3.63, 3.8) is 0 Å². The van der Waals surface area contributed by atoms with E-state index in [2.05, 4.69) is 5.32 Å². The molecule has 0 bridgehead atoms. The Morgan fingerprint density at radius 3 is 2.13 bits per heavy atom. The number of rotatable bonds is 12. The van der Waals surface area contributed by atoms with Gasteiger partial charge in [0.2, 0.25) is 11.8 Å². The van der Waals surface area contributed by atoms with E-state index in [0.717, 1.165) is 12.0 Å². The van der Waals surface area contributed by atoms with E-state index in [1.807, 2.05) is 44.2 Å². The first-order chi connectivity index (χ1) is 18.2. The molecule has 202 valence electrons. The van der Waals surface area contributed by atoms with Gasteiger partial charge in [0.05, 0.1) is 5.75 Å². The summed E-state index contributed by atoms with van der Waals surface area (Å²) in [5.74, 6) is -0.762. The highest BCUT2D eigenvalue weighted by atomic mass is 35.5. The summed E-state index contributed by atoms with van der Waals surface area (Å²) in [6, 6.07) is 18.3. The number of nitrogens with one attached hydrogen (secondary N) is 1. The molecule has 2 atom stereocenters. The zero-order chi connectivity index (χ0) is 27.7. The number of benzene rings is 3. The van der Waals surface area contributed by atoms with Crippen LogP contribution in [-0.4, -0.2) is 34.6 Å². The molecule has 0 unspecified atom stereocenters. The normalized spacial score (nSPS) is 12.6. The molecule has 3 aromatic carbocycles. The average Bonchev–Trinajstić information content (AvgIpc) is 2.89. The Bertz CT molecular complexity index is 1210. The van der Waals surface area contributed by atoms with Crippen LogP contribution < -0.4 is 5.32 Å². The van der Waals surface area contributed by atoms with Crippen molar-refractivity contribution in [1.82, 2.24) is 10.2 Å². The third kappa shape index (κ3) is 8.37. The standard InChI is InChI=1S/C29H30Cl3FN2O2S/c1-3-19(2)34-29(37)27(15-20-9-5-4-6-10-20)35(16-21-23(30)11-7-12-24(21)31)28(36)18-38-17-22-25(32)13-8-14-26(22)33/h4-14,19,27H,3,15-18H2,1-2H3,(H,34,37)/t19-,27-/m0/s1. The van der Waals surface area contributed by atoms with Crippen LogP contribution in [0.5, 0.6) is 0 Å². The smallest absolute Gasteiger partial charge is 0.243 e. The Labute approximate surface area is 242 Å². The number of thioether (sulfide) groups is 1. The van der Waals surface area contributed by atoms with Crippen molar-refractivity contribution >= 4 is 58.4 Å². The van der Waals surface area contributed by atoms with Gasteiger partial charge >= 0.3 is 0 Å². The molecule has 0 saturated heterocycles. The molecule has 0 spiro atoms. The highest BCUT2D eigenvalue weighted by Gasteiger charge is 2.31. The second kappa shape index (κ2) is 14.8. The van der Waals surface area contributed by atoms with Gasteiger partial charge in [-0.05, 0) is 43.2 Å². The van der Waals surface area contributed by atoms with Gasteiger partial charge in [0.15, 0.2) is 0 Å². The Balaban J connectivity index is 1.92. The number of amides is 2. The van der Waals surface area contributed by atoms with Crippen LogP contribution in [0.3, 0.4) is 0 Å². The van der Waals surface area contributed by atoms with Crippen LogP contribution in [0.15, 0.2) is 66.7 Å². The lowest BCUT2D eigenvalue weighted by molar-refractivity contribution is -0.139. The number of halogens is 4. The van der Waals surface area contributed by atoms with Gasteiger partial charge in [0, 0.05) is 51.0 Å². The lowest BCUT2D eigenvalue weighted by Gasteiger charge is -2.32. The third-order valence-electron chi connectivity index (χ3n) is 6.20. The molecular formula is C29H30Cl3FN2O2S. The lowest BCUT2D eigenvalue weighted by atomic mass is 10.0. The first kappa shape index (κ1) is 30.3. The fraction of sp³-hybridized carbons (Fsp3) is 0.310. The van der Waals surface area contributed by atoms with Gasteiger partial charge in [-0.1, -0.05) is 84.2 Å². The summed E-state index contributed by atoms with van der Waals surface area (Å²) in [4.78, 5) is 28.8. The van der Waals surface area contributed by atoms with Crippen LogP contribution in [0.25, 0.3) is 0 Å². The number of hydrogen-bond donors (Lipinski definition) is 1. The monoisotopic (exact) mass is 594 g/mol. The van der Waals surface area contributed by atoms with Gasteiger partial charge in [0.1, 0.15) is 11.9 Å². The molecule has 0 aliphatic carbocycles. The Morgan fingerprint density at radius 1 is 0.921 bits per heavy atom. The maximum absolute atomic E-state index is 14.3. The molecule has 0 aromatic heterocycles. The predicted molar refractivity (Wildman–Crippen MR) is 156 cm³/mol. The largest absolute Gasteiger partial charge is 0.352 e. The maximum atomic E-state index is 14.3. The fourth-order valence-corrected chi connectivity index (χ4v) is 5.61. The molecule has 1 N–H and O–H groups in total. The van der Waals surface area contributed by atoms with Crippen molar-refractivity contribution in [2.75, 3.05) is 5.75 Å². The minimum Gasteiger partial charge on any atom is -0.352 e. The molecule has 0 heterocycles. The van der Waals surface area contributed by atoms with Crippen LogP contribution >= 0.6 is 46.6 Å². The molecule has 0 radical (unpaired) electrons. The molecule has 0 fully saturated rings. The van der Waals surface area contributed by atoms with Crippen LogP contribution in [0, 0.1) is 5.82 Å². The third-order valence-corrected chi connectivity index (χ3v) is 8.20. The quantitative estimate of drug-likeness (QED) is 0.235. The van der Waals surface area contributed by atoms with Crippen LogP contribution in [0.2, 0.25) is 15.1 Å². The molecule has 0 aliphatic rings. The van der Waals surface area contributed by atoms with E-state index in [9.17, 15) is 14.0 Å². The van der Waals surface area contributed by atoms with E-state index in [4.69, 9.17) is 34.8 Å². The molecule has 0 aliphatic heterocycles. The number of carbonyl (C=O) groups is 2. The summed E-state index contributed by atoms with van der Waals surface area (Å²) < 4.78 is 14.3. The van der Waals surface area contributed by atoms with E-state index >= 15 is 0 Å². The second-order valence-electron chi connectivity index (χ2n) is 8.94. The van der Waals surface area contributed by atoms with Gasteiger partial charge in [-0.2, -0.15) is 0 Å². The second-order valence-corrected chi connectivity index (χ2v) is 11.1. The summed E-state index contributed by atoms with van der Waals surface area (Å²) in [7, 11) is 0. The summed E-state index contributed by atoms with van der Waals surface area (Å²) in [6.07, 6.45) is 1.05. The number of nitrogens with zero attached hydrogens (tertiary/aromatic N) is 1. The van der Waals surface area contributed by atoms with E-state index in [-0.39, 0.29) is 35.9 Å². The fourth-order valence-electron chi connectivity index (χ4n) is 3.84. The number of carbonyl (C=O) groups excluding carboxylic acids is 2. The summed E-state index contributed by atoms with van der Waals surface area (Å²) in [6.45, 7) is 3.94. The van der Waals surface area contributed by atoms with Crippen molar-refractivity contribution in [2.45, 2.75) is 51.1 Å². The minimum absolute atomic E-state index is 0.00857. The van der Waals surface area contributed by atoms with E-state index in [0.29, 0.717) is 32.6 Å². The number of hydrogen-bond acceptors (Lipinski definition) is 3. The van der Waals surface area contributed by atoms with Crippen molar-refractivity contribution in [1.29, 1.82) is 0 Å². The van der Waals surface area contributed by atoms with Crippen molar-refractivity contribution in [3.8, 4) is 0 Å². The summed E-state index contributed by atoms with van der Waals surface area (Å²) in [5, 5.41) is 4.14. The summed E-state index contributed by atoms with van der Waals surface area (Å²) >= 11 is 20.3. The molecule has 9 heteroatoms. The average molecular weight is 596 g/mol. The highest BCUT2D eigenvalue weighted by molar-refractivity contribution is 7.99. The summed E-state index contributed by atoms with van der Waals surface area (Å²) in [5.41, 5.74) is 1.80. The predicted octanol–water partition coefficient (Wildman–Crippen LogP) is 7.57. The van der Waals surface area contributed by atoms with Gasteiger partial charge in [-0.3, -0.25) is 9.59 Å². The molecule has 3 aromatic rings. The van der Waals surface area contributed by atoms with E-state index in [1.165, 1.54) is 28.8 Å². The van der Waals surface area contributed by atoms with Gasteiger partial charge < -0.3 is 10.2 Å². The molecule has 4 nitrogen and oxygen atoms in total. The lowest BCUT2D eigenvalue weighted by Crippen LogP contribution is -2.52. The first-order valence-corrected chi connectivity index (χ1v) is 14.6. The highest BCUT2D eigenvalue weighted by Crippen LogP contribution is 2.29. The van der Waals surface area contributed by atoms with Crippen LogP contribution in [0.4, 0.5) is 4.39 Å². The van der Waals surface area contributed by atoms with Crippen molar-refractivity contribution in [2.24, 2.45) is 0 Å². The van der Waals surface area contributed by atoms with Gasteiger partial charge in [0.25, 0.3) is 0 Å². The zero-order valence-corrected chi connectivity index (χ0v) is 24.3. The van der Waals surface area contributed by atoms with Crippen molar-refractivity contribution < 1.29 is 14.0 Å². The van der Waals surface area contributed by atoms with Gasteiger partial charge in [-0.25, -0.2) is 4.39 Å². The minimum atomic E-state index is -0.816. The molecule has 3 rings (SSSR count). The van der Waals surface area contributed by atoms with E-state index in [1.54, 1.807) is 24.3 Å². The van der Waals surface area contributed by atoms with Crippen molar-refractivity contribution in [3.05, 3.63) is 104 Å². The SMILES string of the molecule is CC[C@H](C)NC(=O)[C@H](Cc1ccccc1)N(Cc1c(Cl)cccc1Cl)C(=O)CSCc1c(F)cccc1Cl. The van der Waals surface area contributed by atoms with Crippen LogP contribution in [-0.2, 0) is 28.3 Å². The Morgan fingerprint density at radius 2 is 1.53 bits per heavy atom. The topological polar surface area (TPSA) is 49.4 Å².